The van der Waals surface area contributed by atoms with Crippen molar-refractivity contribution in [2.24, 2.45) is 0 Å². The molecular formula is C16H24N5O9P2-. The molecule has 2 aliphatic heterocycles. The molecule has 16 heteroatoms. The SMILES string of the molecule is CCC1CNc2ncnc3c2n1c[n+]3[C@H]1CC(OP(=O)([O-])OC)[C@@H](COP(=O)([O-])OC)O1. The average molecular weight is 492 g/mol. The predicted octanol–water partition coefficient (Wildman–Crippen LogP) is 0.0143. The number of nitrogens with one attached hydrogen (secondary N) is 1. The van der Waals surface area contributed by atoms with Gasteiger partial charge in [0.2, 0.25) is 5.52 Å². The lowest BCUT2D eigenvalue weighted by Crippen LogP contribution is -2.39. The van der Waals surface area contributed by atoms with Crippen LogP contribution in [0.3, 0.4) is 0 Å². The minimum Gasteiger partial charge on any atom is -0.756 e. The van der Waals surface area contributed by atoms with Gasteiger partial charge in [-0.15, -0.1) is 0 Å². The molecule has 0 radical (unpaired) electrons. The zero-order chi connectivity index (χ0) is 23.1. The van der Waals surface area contributed by atoms with Gasteiger partial charge in [-0.1, -0.05) is 11.9 Å². The molecule has 0 aromatic carbocycles. The standard InChI is InChI=1S/C16H25N5O9P2/c1-4-10-6-17-15-14-16(19-8-18-15)21(9-20(10)14)13-5-11(30-32(24,25)27-3)12(29-13)7-28-31(22,23)26-2/h8-13H,4-7H2,1-3H3,(H2-,17,18,19,22,23,24,25)/p-1/t10?,11?,12-,13-/m1/s1. The van der Waals surface area contributed by atoms with Crippen molar-refractivity contribution in [2.75, 3.05) is 32.7 Å². The number of imidazole rings is 1. The second-order valence-electron chi connectivity index (χ2n) is 7.33. The van der Waals surface area contributed by atoms with Crippen molar-refractivity contribution in [1.29, 1.82) is 0 Å². The number of nitrogens with zero attached hydrogens (tertiary/aromatic N) is 4. The molecule has 178 valence electrons. The maximum absolute atomic E-state index is 11.9. The Morgan fingerprint density at radius 2 is 2.03 bits per heavy atom. The van der Waals surface area contributed by atoms with Gasteiger partial charge in [0.15, 0.2) is 24.7 Å². The molecule has 4 rings (SSSR count). The van der Waals surface area contributed by atoms with E-state index in [4.69, 9.17) is 13.8 Å². The molecule has 0 aliphatic carbocycles. The maximum Gasteiger partial charge on any atom is 0.309 e. The Morgan fingerprint density at radius 1 is 1.28 bits per heavy atom. The summed E-state index contributed by atoms with van der Waals surface area (Å²) in [5.41, 5.74) is 1.37. The molecular weight excluding hydrogens is 468 g/mol. The van der Waals surface area contributed by atoms with Crippen LogP contribution in [-0.4, -0.2) is 54.1 Å². The molecule has 1 saturated heterocycles. The molecule has 14 nitrogen and oxygen atoms in total. The molecule has 2 aliphatic rings. The van der Waals surface area contributed by atoms with E-state index in [2.05, 4.69) is 35.8 Å². The summed E-state index contributed by atoms with van der Waals surface area (Å²) < 4.78 is 51.9. The second kappa shape index (κ2) is 9.05. The first-order valence-electron chi connectivity index (χ1n) is 9.90. The third-order valence-corrected chi connectivity index (χ3v) is 7.41. The molecule has 0 spiro atoms. The zero-order valence-electron chi connectivity index (χ0n) is 17.7. The van der Waals surface area contributed by atoms with Crippen LogP contribution in [0, 0.1) is 0 Å². The van der Waals surface area contributed by atoms with Gasteiger partial charge >= 0.3 is 5.65 Å². The Kier molecular flexibility index (Phi) is 6.70. The van der Waals surface area contributed by atoms with E-state index in [1.54, 1.807) is 4.57 Å². The second-order valence-corrected chi connectivity index (χ2v) is 10.3. The van der Waals surface area contributed by atoms with Crippen LogP contribution in [0.25, 0.3) is 11.2 Å². The minimum atomic E-state index is -4.62. The van der Waals surface area contributed by atoms with Crippen LogP contribution < -0.4 is 19.7 Å². The smallest absolute Gasteiger partial charge is 0.309 e. The summed E-state index contributed by atoms with van der Waals surface area (Å²) in [6.45, 7) is 2.26. The van der Waals surface area contributed by atoms with Crippen molar-refractivity contribution in [3.8, 4) is 0 Å². The van der Waals surface area contributed by atoms with E-state index in [1.165, 1.54) is 6.33 Å². The highest BCUT2D eigenvalue weighted by Crippen LogP contribution is 2.45. The van der Waals surface area contributed by atoms with Gasteiger partial charge in [-0.05, 0) is 6.42 Å². The number of phosphoric acid groups is 2. The number of aromatic nitrogens is 4. The van der Waals surface area contributed by atoms with Crippen LogP contribution >= 0.6 is 15.6 Å². The maximum atomic E-state index is 11.9. The van der Waals surface area contributed by atoms with Crippen molar-refractivity contribution >= 4 is 32.6 Å². The fraction of sp³-hybridized carbons (Fsp3) is 0.688. The summed E-state index contributed by atoms with van der Waals surface area (Å²) in [5.74, 6) is 0.681. The quantitative estimate of drug-likeness (QED) is 0.368. The van der Waals surface area contributed by atoms with Gasteiger partial charge in [-0.3, -0.25) is 13.7 Å². The molecule has 4 heterocycles. The lowest BCUT2D eigenvalue weighted by atomic mass is 10.2. The minimum absolute atomic E-state index is 0.0765. The van der Waals surface area contributed by atoms with E-state index >= 15 is 0 Å². The number of hydrogen-bond acceptors (Lipinski definition) is 12. The third-order valence-electron chi connectivity index (χ3n) is 5.52. The Labute approximate surface area is 183 Å². The third kappa shape index (κ3) is 4.60. The van der Waals surface area contributed by atoms with Crippen molar-refractivity contribution in [3.05, 3.63) is 12.7 Å². The molecule has 1 fully saturated rings. The van der Waals surface area contributed by atoms with E-state index in [1.807, 2.05) is 6.33 Å². The van der Waals surface area contributed by atoms with Gasteiger partial charge in [-0.2, -0.15) is 4.98 Å². The topological polar surface area (TPSA) is 173 Å². The summed E-state index contributed by atoms with van der Waals surface area (Å²) in [5, 5.41) is 3.29. The zero-order valence-corrected chi connectivity index (χ0v) is 19.4. The summed E-state index contributed by atoms with van der Waals surface area (Å²) >= 11 is 0. The van der Waals surface area contributed by atoms with Crippen LogP contribution in [0.2, 0.25) is 0 Å². The van der Waals surface area contributed by atoms with Gasteiger partial charge in [0.25, 0.3) is 15.6 Å². The summed E-state index contributed by atoms with van der Waals surface area (Å²) in [6.07, 6.45) is 1.40. The van der Waals surface area contributed by atoms with E-state index in [9.17, 15) is 18.9 Å². The Morgan fingerprint density at radius 3 is 2.72 bits per heavy atom. The van der Waals surface area contributed by atoms with Crippen LogP contribution in [0.4, 0.5) is 5.82 Å². The van der Waals surface area contributed by atoms with Crippen LogP contribution in [0.1, 0.15) is 32.0 Å². The van der Waals surface area contributed by atoms with E-state index < -0.39 is 40.7 Å². The Balaban J connectivity index is 1.66. The molecule has 2 aromatic heterocycles. The Hall–Kier alpha value is -1.47. The lowest BCUT2D eigenvalue weighted by Gasteiger charge is -2.28. The molecule has 4 unspecified atom stereocenters. The van der Waals surface area contributed by atoms with Crippen LogP contribution in [-0.2, 0) is 32.0 Å². The van der Waals surface area contributed by atoms with Gasteiger partial charge in [0, 0.05) is 20.6 Å². The Bertz CT molecular complexity index is 1080. The van der Waals surface area contributed by atoms with Gasteiger partial charge in [0.1, 0.15) is 12.2 Å². The van der Waals surface area contributed by atoms with Gasteiger partial charge in [-0.25, -0.2) is 4.57 Å². The number of ether oxygens (including phenoxy) is 1. The molecule has 0 saturated carbocycles. The van der Waals surface area contributed by atoms with Crippen molar-refractivity contribution in [1.82, 2.24) is 14.5 Å². The normalized spacial score (nSPS) is 28.9. The summed E-state index contributed by atoms with van der Waals surface area (Å²) in [6, 6.07) is 0.160. The first kappa shape index (κ1) is 23.7. The van der Waals surface area contributed by atoms with Crippen LogP contribution in [0.15, 0.2) is 12.7 Å². The van der Waals surface area contributed by atoms with Crippen LogP contribution in [0.5, 0.6) is 0 Å². The molecule has 32 heavy (non-hydrogen) atoms. The van der Waals surface area contributed by atoms with E-state index in [0.29, 0.717) is 18.0 Å². The first-order chi connectivity index (χ1) is 15.2. The summed E-state index contributed by atoms with van der Waals surface area (Å²) in [4.78, 5) is 32.2. The van der Waals surface area contributed by atoms with E-state index in [-0.39, 0.29) is 12.5 Å². The molecule has 0 bridgehead atoms. The van der Waals surface area contributed by atoms with E-state index in [0.717, 1.165) is 26.2 Å². The fourth-order valence-corrected chi connectivity index (χ4v) is 4.95. The molecule has 0 amide bonds. The molecule has 2 aromatic rings. The number of rotatable bonds is 9. The van der Waals surface area contributed by atoms with Gasteiger partial charge in [0.05, 0.1) is 19.2 Å². The molecule has 6 atom stereocenters. The van der Waals surface area contributed by atoms with Gasteiger partial charge < -0.3 is 37.9 Å². The highest BCUT2D eigenvalue weighted by Gasteiger charge is 2.43. The average Bonchev–Trinajstić information content (AvgIpc) is 3.35. The fourth-order valence-electron chi connectivity index (χ4n) is 3.87. The number of anilines is 1. The lowest BCUT2D eigenvalue weighted by molar-refractivity contribution is -0.739. The largest absolute Gasteiger partial charge is 0.756 e. The highest BCUT2D eigenvalue weighted by molar-refractivity contribution is 7.46. The van der Waals surface area contributed by atoms with Crippen molar-refractivity contribution < 1.29 is 46.3 Å². The van der Waals surface area contributed by atoms with Crippen molar-refractivity contribution in [2.45, 2.75) is 44.2 Å². The summed E-state index contributed by atoms with van der Waals surface area (Å²) in [7, 11) is -7.25. The molecule has 1 N–H and O–H groups in total. The highest BCUT2D eigenvalue weighted by atomic mass is 31.2. The monoisotopic (exact) mass is 492 g/mol. The number of phosphoric ester groups is 2. The first-order valence-corrected chi connectivity index (χ1v) is 12.8. The number of hydrogen-bond donors (Lipinski definition) is 1. The van der Waals surface area contributed by atoms with Crippen molar-refractivity contribution in [3.63, 3.8) is 0 Å². The predicted molar refractivity (Wildman–Crippen MR) is 104 cm³/mol.